The van der Waals surface area contributed by atoms with Gasteiger partial charge in [-0.2, -0.15) is 0 Å². The van der Waals surface area contributed by atoms with Gasteiger partial charge in [0.05, 0.1) is 19.4 Å². The van der Waals surface area contributed by atoms with E-state index >= 15 is 0 Å². The fourth-order valence-corrected chi connectivity index (χ4v) is 2.80. The number of nitrogens with zero attached hydrogens (tertiary/aromatic N) is 1. The maximum Gasteiger partial charge on any atom is 0.254 e. The van der Waals surface area contributed by atoms with Crippen LogP contribution in [0, 0.1) is 0 Å². The lowest BCUT2D eigenvalue weighted by molar-refractivity contribution is 0.0717. The van der Waals surface area contributed by atoms with Crippen LogP contribution < -0.4 is 4.74 Å². The molecule has 3 rings (SSSR count). The smallest absolute Gasteiger partial charge is 0.254 e. The van der Waals surface area contributed by atoms with Crippen LogP contribution in [0.25, 0.3) is 0 Å². The summed E-state index contributed by atoms with van der Waals surface area (Å²) < 4.78 is 11.1. The van der Waals surface area contributed by atoms with Gasteiger partial charge in [-0.05, 0) is 48.4 Å². The molecule has 4 heteroatoms. The van der Waals surface area contributed by atoms with Crippen molar-refractivity contribution in [1.82, 2.24) is 4.90 Å². The summed E-state index contributed by atoms with van der Waals surface area (Å²) in [5.41, 5.74) is 1.72. The van der Waals surface area contributed by atoms with E-state index in [0.29, 0.717) is 25.3 Å². The fraction of sp³-hybridized carbons (Fsp3) is 0.261. The van der Waals surface area contributed by atoms with E-state index in [1.165, 1.54) is 0 Å². The first-order chi connectivity index (χ1) is 13.3. The van der Waals surface area contributed by atoms with Crippen molar-refractivity contribution in [1.29, 1.82) is 0 Å². The maximum atomic E-state index is 13.1. The number of carbonyl (C=O) groups excluding carboxylic acids is 1. The standard InChI is InChI=1S/C23H25NO3/c1-2-3-15-26-21-13-11-20(12-14-21)23(25)24(18-22-10-7-16-27-22)17-19-8-5-4-6-9-19/h4-14,16H,2-3,15,17-18H2,1H3. The summed E-state index contributed by atoms with van der Waals surface area (Å²) in [6, 6.07) is 21.1. The van der Waals surface area contributed by atoms with Gasteiger partial charge in [-0.25, -0.2) is 0 Å². The second-order valence-electron chi connectivity index (χ2n) is 6.45. The van der Waals surface area contributed by atoms with Crippen LogP contribution in [0.3, 0.4) is 0 Å². The number of hydrogen-bond donors (Lipinski definition) is 0. The van der Waals surface area contributed by atoms with Crippen LogP contribution in [-0.2, 0) is 13.1 Å². The highest BCUT2D eigenvalue weighted by Crippen LogP contribution is 2.18. The van der Waals surface area contributed by atoms with Gasteiger partial charge in [0, 0.05) is 12.1 Å². The first-order valence-corrected chi connectivity index (χ1v) is 9.34. The van der Waals surface area contributed by atoms with E-state index in [9.17, 15) is 4.79 Å². The lowest BCUT2D eigenvalue weighted by atomic mass is 10.1. The number of ether oxygens (including phenoxy) is 1. The molecule has 0 saturated heterocycles. The predicted molar refractivity (Wildman–Crippen MR) is 106 cm³/mol. The normalized spacial score (nSPS) is 10.6. The number of carbonyl (C=O) groups is 1. The highest BCUT2D eigenvalue weighted by atomic mass is 16.5. The molecule has 2 aromatic carbocycles. The van der Waals surface area contributed by atoms with Gasteiger partial charge < -0.3 is 14.1 Å². The quantitative estimate of drug-likeness (QED) is 0.484. The summed E-state index contributed by atoms with van der Waals surface area (Å²) in [7, 11) is 0. The van der Waals surface area contributed by atoms with Gasteiger partial charge in [0.25, 0.3) is 5.91 Å². The first-order valence-electron chi connectivity index (χ1n) is 9.34. The van der Waals surface area contributed by atoms with E-state index in [1.807, 2.05) is 66.7 Å². The van der Waals surface area contributed by atoms with Gasteiger partial charge in [0.15, 0.2) is 0 Å². The minimum Gasteiger partial charge on any atom is -0.494 e. The Kier molecular flexibility index (Phi) is 6.69. The van der Waals surface area contributed by atoms with E-state index in [1.54, 1.807) is 11.2 Å². The highest BCUT2D eigenvalue weighted by molar-refractivity contribution is 5.94. The molecule has 0 bridgehead atoms. The van der Waals surface area contributed by atoms with Crippen molar-refractivity contribution in [2.24, 2.45) is 0 Å². The summed E-state index contributed by atoms with van der Waals surface area (Å²) in [5, 5.41) is 0. The Morgan fingerprint density at radius 1 is 0.963 bits per heavy atom. The summed E-state index contributed by atoms with van der Waals surface area (Å²) in [6.45, 7) is 3.78. The average molecular weight is 363 g/mol. The van der Waals surface area contributed by atoms with Gasteiger partial charge in [-0.3, -0.25) is 4.79 Å². The molecular formula is C23H25NO3. The predicted octanol–water partition coefficient (Wildman–Crippen LogP) is 5.30. The topological polar surface area (TPSA) is 42.7 Å². The molecule has 0 radical (unpaired) electrons. The van der Waals surface area contributed by atoms with Crippen molar-refractivity contribution >= 4 is 5.91 Å². The Balaban J connectivity index is 1.73. The van der Waals surface area contributed by atoms with Crippen molar-refractivity contribution in [2.75, 3.05) is 6.61 Å². The molecule has 1 aromatic heterocycles. The molecule has 1 amide bonds. The van der Waals surface area contributed by atoms with Crippen LogP contribution in [0.15, 0.2) is 77.4 Å². The second-order valence-corrected chi connectivity index (χ2v) is 6.45. The largest absolute Gasteiger partial charge is 0.494 e. The number of benzene rings is 2. The maximum absolute atomic E-state index is 13.1. The molecule has 1 heterocycles. The van der Waals surface area contributed by atoms with E-state index in [2.05, 4.69) is 6.92 Å². The van der Waals surface area contributed by atoms with E-state index < -0.39 is 0 Å². The molecule has 0 spiro atoms. The third kappa shape index (κ3) is 5.48. The molecule has 0 aliphatic rings. The minimum absolute atomic E-state index is 0.0321. The van der Waals surface area contributed by atoms with Crippen LogP contribution in [0.4, 0.5) is 0 Å². The van der Waals surface area contributed by atoms with E-state index in [0.717, 1.165) is 29.9 Å². The van der Waals surface area contributed by atoms with Gasteiger partial charge in [-0.1, -0.05) is 43.7 Å². The zero-order valence-electron chi connectivity index (χ0n) is 15.6. The van der Waals surface area contributed by atoms with E-state index in [-0.39, 0.29) is 5.91 Å². The molecule has 0 N–H and O–H groups in total. The van der Waals surface area contributed by atoms with Crippen molar-refractivity contribution < 1.29 is 13.9 Å². The first kappa shape index (κ1) is 18.8. The monoisotopic (exact) mass is 363 g/mol. The van der Waals surface area contributed by atoms with E-state index in [4.69, 9.17) is 9.15 Å². The number of rotatable bonds is 9. The number of unbranched alkanes of at least 4 members (excludes halogenated alkanes) is 1. The highest BCUT2D eigenvalue weighted by Gasteiger charge is 2.18. The molecule has 0 fully saturated rings. The summed E-state index contributed by atoms with van der Waals surface area (Å²) >= 11 is 0. The van der Waals surface area contributed by atoms with Crippen LogP contribution in [-0.4, -0.2) is 17.4 Å². The molecule has 27 heavy (non-hydrogen) atoms. The number of furan rings is 1. The Bertz CT molecular complexity index is 811. The summed E-state index contributed by atoms with van der Waals surface area (Å²) in [5.74, 6) is 1.52. The molecule has 3 aromatic rings. The third-order valence-electron chi connectivity index (χ3n) is 4.30. The van der Waals surface area contributed by atoms with Crippen molar-refractivity contribution in [3.8, 4) is 5.75 Å². The van der Waals surface area contributed by atoms with Crippen molar-refractivity contribution in [3.05, 3.63) is 89.9 Å². The van der Waals surface area contributed by atoms with Crippen LogP contribution in [0.1, 0.15) is 41.4 Å². The van der Waals surface area contributed by atoms with Gasteiger partial charge >= 0.3 is 0 Å². The lowest BCUT2D eigenvalue weighted by Crippen LogP contribution is -2.30. The van der Waals surface area contributed by atoms with Crippen molar-refractivity contribution in [3.63, 3.8) is 0 Å². The van der Waals surface area contributed by atoms with Gasteiger partial charge in [0.2, 0.25) is 0 Å². The molecule has 0 saturated carbocycles. The lowest BCUT2D eigenvalue weighted by Gasteiger charge is -2.22. The van der Waals surface area contributed by atoms with Gasteiger partial charge in [-0.15, -0.1) is 0 Å². The Labute approximate surface area is 160 Å². The summed E-state index contributed by atoms with van der Waals surface area (Å²) in [6.07, 6.45) is 3.75. The zero-order valence-corrected chi connectivity index (χ0v) is 15.6. The van der Waals surface area contributed by atoms with Gasteiger partial charge in [0.1, 0.15) is 11.5 Å². The molecule has 0 unspecified atom stereocenters. The molecule has 0 aliphatic carbocycles. The average Bonchev–Trinajstić information content (AvgIpc) is 3.22. The molecule has 140 valence electrons. The molecule has 0 aliphatic heterocycles. The second kappa shape index (κ2) is 9.62. The van der Waals surface area contributed by atoms with Crippen LogP contribution >= 0.6 is 0 Å². The Morgan fingerprint density at radius 3 is 2.41 bits per heavy atom. The SMILES string of the molecule is CCCCOc1ccc(C(=O)N(Cc2ccccc2)Cc2ccco2)cc1. The van der Waals surface area contributed by atoms with Crippen LogP contribution in [0.5, 0.6) is 5.75 Å². The molecular weight excluding hydrogens is 338 g/mol. The molecule has 4 nitrogen and oxygen atoms in total. The summed E-state index contributed by atoms with van der Waals surface area (Å²) in [4.78, 5) is 14.9. The third-order valence-corrected chi connectivity index (χ3v) is 4.30. The molecule has 0 atom stereocenters. The minimum atomic E-state index is -0.0321. The fourth-order valence-electron chi connectivity index (χ4n) is 2.80. The van der Waals surface area contributed by atoms with Crippen LogP contribution in [0.2, 0.25) is 0 Å². The Hall–Kier alpha value is -3.01. The zero-order chi connectivity index (χ0) is 18.9. The number of amides is 1. The number of hydrogen-bond acceptors (Lipinski definition) is 3. The Morgan fingerprint density at radius 2 is 1.74 bits per heavy atom. The van der Waals surface area contributed by atoms with Crippen molar-refractivity contribution in [2.45, 2.75) is 32.9 Å².